The summed E-state index contributed by atoms with van der Waals surface area (Å²) in [7, 11) is -4.94. The summed E-state index contributed by atoms with van der Waals surface area (Å²) < 4.78 is 44.4. The number of para-hydroxylation sites is 2. The molecule has 0 unspecified atom stereocenters. The van der Waals surface area contributed by atoms with E-state index < -0.39 is 10.2 Å². The molecule has 4 N–H and O–H groups in total. The van der Waals surface area contributed by atoms with Crippen LogP contribution in [0.5, 0.6) is 23.0 Å². The topological polar surface area (TPSA) is 296 Å². The zero-order valence-electron chi connectivity index (χ0n) is 25.3. The Morgan fingerprint density at radius 3 is 1.31 bits per heavy atom. The normalized spacial score (nSPS) is 9.78. The van der Waals surface area contributed by atoms with E-state index in [-0.39, 0.29) is 51.1 Å². The first-order chi connectivity index (χ1) is 20.0. The van der Waals surface area contributed by atoms with E-state index in [1.165, 1.54) is 4.91 Å². The Kier molecular flexibility index (Phi) is 39.5. The molecule has 0 atom stereocenters. The molecule has 0 fully saturated rings. The average molecular weight is 757 g/mol. The Hall–Kier alpha value is -2.66. The van der Waals surface area contributed by atoms with Gasteiger partial charge in [0.25, 0.3) is 0 Å². The number of nitrogens with zero attached hydrogens (tertiary/aromatic N) is 5. The van der Waals surface area contributed by atoms with Crippen molar-refractivity contribution in [3.63, 3.8) is 0 Å². The monoisotopic (exact) mass is 755 g/mol. The average Bonchev–Trinajstić information content (AvgIpc) is 2.92. The zero-order chi connectivity index (χ0) is 32.2. The number of hydrogen-bond donors (Lipinski definition) is 2. The van der Waals surface area contributed by atoms with Crippen molar-refractivity contribution < 1.29 is 88.2 Å². The van der Waals surface area contributed by atoms with Crippen molar-refractivity contribution in [1.29, 1.82) is 0 Å². The SMILES string of the molecule is CCNCCN=Cc1cccc(OCC)c1[O-].CCNCCN=Cc1cccc(OCC)c1[O-].O.[Cu+2].[Cu+2].[N-]=[N+]=[N-].[O-][Cl+3]([O-])([O-])[O-]. The molecule has 16 nitrogen and oxygen atoms in total. The Morgan fingerprint density at radius 1 is 0.733 bits per heavy atom. The minimum atomic E-state index is -4.94. The van der Waals surface area contributed by atoms with Gasteiger partial charge in [0.15, 0.2) is 0 Å². The molecule has 262 valence electrons. The van der Waals surface area contributed by atoms with E-state index in [0.29, 0.717) is 48.9 Å². The predicted molar refractivity (Wildman–Crippen MR) is 150 cm³/mol. The molecular formula is C26H40ClCu2N7O9. The summed E-state index contributed by atoms with van der Waals surface area (Å²) in [5.74, 6) is 0.592. The van der Waals surface area contributed by atoms with Gasteiger partial charge in [-0.2, -0.15) is 0 Å². The summed E-state index contributed by atoms with van der Waals surface area (Å²) in [6, 6.07) is 10.5. The van der Waals surface area contributed by atoms with Gasteiger partial charge in [-0.3, -0.25) is 14.9 Å². The third-order valence-corrected chi connectivity index (χ3v) is 4.41. The summed E-state index contributed by atoms with van der Waals surface area (Å²) in [6.45, 7) is 13.7. The number of ether oxygens (including phenoxy) is 2. The third kappa shape index (κ3) is 31.1. The summed E-state index contributed by atoms with van der Waals surface area (Å²) >= 11 is 0. The first-order valence-electron chi connectivity index (χ1n) is 12.9. The van der Waals surface area contributed by atoms with Crippen molar-refractivity contribution in [2.75, 3.05) is 52.5 Å². The number of likely N-dealkylation sites (N-methyl/N-ethyl adjacent to an activating group) is 2. The molecule has 0 aromatic heterocycles. The number of nitrogens with one attached hydrogen (secondary N) is 2. The van der Waals surface area contributed by atoms with Crippen molar-refractivity contribution in [3.05, 3.63) is 63.5 Å². The third-order valence-electron chi connectivity index (χ3n) is 4.41. The first-order valence-corrected chi connectivity index (χ1v) is 14.1. The number of benzene rings is 2. The molecule has 0 aliphatic heterocycles. The van der Waals surface area contributed by atoms with Gasteiger partial charge in [0.05, 0.1) is 26.3 Å². The van der Waals surface area contributed by atoms with E-state index in [9.17, 15) is 10.2 Å². The van der Waals surface area contributed by atoms with Gasteiger partial charge in [-0.15, -0.1) is 10.2 Å². The van der Waals surface area contributed by atoms with Gasteiger partial charge in [0, 0.05) is 25.5 Å². The van der Waals surface area contributed by atoms with E-state index >= 15 is 0 Å². The first kappa shape index (κ1) is 51.9. The quantitative estimate of drug-likeness (QED) is 0.0517. The van der Waals surface area contributed by atoms with Crippen LogP contribution in [0.4, 0.5) is 0 Å². The van der Waals surface area contributed by atoms with Crippen LogP contribution in [0.1, 0.15) is 38.8 Å². The Labute approximate surface area is 287 Å². The second kappa shape index (κ2) is 34.2. The molecule has 0 amide bonds. The van der Waals surface area contributed by atoms with Crippen LogP contribution in [0.25, 0.3) is 16.0 Å². The van der Waals surface area contributed by atoms with Gasteiger partial charge in [-0.05, 0) is 50.2 Å². The predicted octanol–water partition coefficient (Wildman–Crippen LogP) is -2.34. The van der Waals surface area contributed by atoms with Gasteiger partial charge >= 0.3 is 34.1 Å². The van der Waals surface area contributed by atoms with Gasteiger partial charge in [0.2, 0.25) is 0 Å². The van der Waals surface area contributed by atoms with Gasteiger partial charge in [-0.1, -0.05) is 49.6 Å². The molecule has 0 saturated carbocycles. The molecule has 2 rings (SSSR count). The van der Waals surface area contributed by atoms with E-state index in [4.69, 9.17) is 39.2 Å². The minimum Gasteiger partial charge on any atom is -0.870 e. The molecule has 0 saturated heterocycles. The molecule has 0 heterocycles. The van der Waals surface area contributed by atoms with Gasteiger partial charge < -0.3 is 46.9 Å². The largest absolute Gasteiger partial charge is 2.00 e. The second-order valence-corrected chi connectivity index (χ2v) is 8.22. The van der Waals surface area contributed by atoms with E-state index in [1.807, 2.05) is 27.7 Å². The molecule has 2 aromatic carbocycles. The molecule has 19 heteroatoms. The standard InChI is InChI=1S/2C13H20N2O2.ClHO4.2Cu.N3.H2O/c2*1-3-14-8-9-15-10-11-6-5-7-12(13(11)16)17-4-2;2-1(3,4)5;;;1-3-2;/h2*5-7,10,14,16H,3-4,8-9H2,1-2H3;(H,2,3,4,5);;;;1H2/q;;;2*+2;-1;/p-3. The molecule has 2 aromatic rings. The van der Waals surface area contributed by atoms with Crippen LogP contribution in [-0.2, 0) is 34.1 Å². The van der Waals surface area contributed by atoms with Crippen LogP contribution in [0.2, 0.25) is 0 Å². The number of halogens is 1. The van der Waals surface area contributed by atoms with Crippen LogP contribution in [0, 0.1) is 10.2 Å². The Bertz CT molecular complexity index is 1000. The van der Waals surface area contributed by atoms with Crippen LogP contribution >= 0.6 is 0 Å². The summed E-state index contributed by atoms with van der Waals surface area (Å²) in [5.41, 5.74) is 14.7. The van der Waals surface area contributed by atoms with Crippen molar-refractivity contribution in [2.45, 2.75) is 27.7 Å². The maximum atomic E-state index is 11.8. The van der Waals surface area contributed by atoms with Gasteiger partial charge in [-0.25, -0.2) is 18.6 Å². The summed E-state index contributed by atoms with van der Waals surface area (Å²) in [5, 5.41) is 30.0. The molecule has 0 spiro atoms. The van der Waals surface area contributed by atoms with E-state index in [2.05, 4.69) is 20.6 Å². The fraction of sp³-hybridized carbons (Fsp3) is 0.462. The maximum Gasteiger partial charge on any atom is 2.00 e. The van der Waals surface area contributed by atoms with E-state index in [1.54, 1.807) is 48.8 Å². The second-order valence-electron chi connectivity index (χ2n) is 7.46. The van der Waals surface area contributed by atoms with Crippen LogP contribution in [0.15, 0.2) is 46.4 Å². The zero-order valence-corrected chi connectivity index (χ0v) is 27.9. The summed E-state index contributed by atoms with van der Waals surface area (Å²) in [4.78, 5) is 9.90. The minimum absolute atomic E-state index is 0. The summed E-state index contributed by atoms with van der Waals surface area (Å²) in [6.07, 6.45) is 3.23. The number of hydrogen-bond acceptors (Lipinski definition) is 12. The maximum absolute atomic E-state index is 11.8. The van der Waals surface area contributed by atoms with Crippen molar-refractivity contribution in [2.24, 2.45) is 9.98 Å². The van der Waals surface area contributed by atoms with E-state index in [0.717, 1.165) is 26.2 Å². The number of aliphatic imine (C=N–C) groups is 2. The van der Waals surface area contributed by atoms with Crippen molar-refractivity contribution in [3.8, 4) is 23.0 Å². The molecule has 45 heavy (non-hydrogen) atoms. The van der Waals surface area contributed by atoms with Crippen LogP contribution < -0.4 is 49.0 Å². The number of rotatable bonds is 14. The fourth-order valence-electron chi connectivity index (χ4n) is 2.77. The Balaban J connectivity index is -0.000000182. The fourth-order valence-corrected chi connectivity index (χ4v) is 2.77. The van der Waals surface area contributed by atoms with Crippen LogP contribution in [0.3, 0.4) is 0 Å². The molecule has 0 aliphatic carbocycles. The Morgan fingerprint density at radius 2 is 1.04 bits per heavy atom. The van der Waals surface area contributed by atoms with Crippen molar-refractivity contribution >= 4 is 12.4 Å². The molecule has 0 aliphatic rings. The van der Waals surface area contributed by atoms with Crippen molar-refractivity contribution in [1.82, 2.24) is 10.6 Å². The molecule has 2 radical (unpaired) electrons. The van der Waals surface area contributed by atoms with Crippen LogP contribution in [-0.4, -0.2) is 70.4 Å². The molecular weight excluding hydrogens is 717 g/mol. The molecule has 0 bridgehead atoms. The smallest absolute Gasteiger partial charge is 0.870 e. The van der Waals surface area contributed by atoms with Gasteiger partial charge in [0.1, 0.15) is 11.5 Å².